The summed E-state index contributed by atoms with van der Waals surface area (Å²) in [5.41, 5.74) is 10.8. The molecule has 0 unspecified atom stereocenters. The number of fused-ring (bicyclic) bond motifs is 1. The molecule has 1 heterocycles. The first-order valence-corrected chi connectivity index (χ1v) is 7.39. The second-order valence-electron chi connectivity index (χ2n) is 5.04. The highest BCUT2D eigenvalue weighted by molar-refractivity contribution is 9.10. The maximum absolute atomic E-state index is 5.88. The molecule has 0 fully saturated rings. The summed E-state index contributed by atoms with van der Waals surface area (Å²) in [6.07, 6.45) is 2.33. The Labute approximate surface area is 122 Å². The van der Waals surface area contributed by atoms with Crippen LogP contribution in [-0.4, -0.2) is 6.54 Å². The molecule has 1 aliphatic heterocycles. The summed E-state index contributed by atoms with van der Waals surface area (Å²) in [5.74, 6) is 0. The molecule has 2 nitrogen and oxygen atoms in total. The van der Waals surface area contributed by atoms with Gasteiger partial charge in [-0.3, -0.25) is 0 Å². The molecule has 1 aliphatic rings. The van der Waals surface area contributed by atoms with Gasteiger partial charge < -0.3 is 10.6 Å². The number of rotatable bonds is 2. The third-order valence-electron chi connectivity index (χ3n) is 3.58. The average molecular weight is 317 g/mol. The second kappa shape index (κ2) is 5.25. The molecule has 0 spiro atoms. The SMILES string of the molecule is Nc1ccc2c(c1)CCCN2Cc1cccc(Br)c1. The van der Waals surface area contributed by atoms with Gasteiger partial charge in [0.25, 0.3) is 0 Å². The van der Waals surface area contributed by atoms with Crippen molar-refractivity contribution >= 4 is 27.3 Å². The van der Waals surface area contributed by atoms with Crippen LogP contribution >= 0.6 is 15.9 Å². The second-order valence-corrected chi connectivity index (χ2v) is 5.96. The Morgan fingerprint density at radius 2 is 2.05 bits per heavy atom. The number of anilines is 2. The molecule has 0 radical (unpaired) electrons. The standard InChI is InChI=1S/C16H17BrN2/c17-14-5-1-3-12(9-14)11-19-8-2-4-13-10-15(18)6-7-16(13)19/h1,3,5-7,9-10H,2,4,8,11,18H2. The Kier molecular flexibility index (Phi) is 3.47. The fourth-order valence-electron chi connectivity index (χ4n) is 2.71. The fourth-order valence-corrected chi connectivity index (χ4v) is 3.16. The summed E-state index contributed by atoms with van der Waals surface area (Å²) in [4.78, 5) is 2.44. The van der Waals surface area contributed by atoms with Crippen LogP contribution in [0.4, 0.5) is 11.4 Å². The van der Waals surface area contributed by atoms with Gasteiger partial charge in [-0.15, -0.1) is 0 Å². The van der Waals surface area contributed by atoms with E-state index in [0.29, 0.717) is 0 Å². The molecule has 0 bridgehead atoms. The molecule has 3 heteroatoms. The first-order valence-electron chi connectivity index (χ1n) is 6.60. The van der Waals surface area contributed by atoms with E-state index in [-0.39, 0.29) is 0 Å². The Morgan fingerprint density at radius 1 is 1.16 bits per heavy atom. The van der Waals surface area contributed by atoms with Crippen LogP contribution < -0.4 is 10.6 Å². The number of aryl methyl sites for hydroxylation is 1. The van der Waals surface area contributed by atoms with Crippen molar-refractivity contribution < 1.29 is 0 Å². The highest BCUT2D eigenvalue weighted by Crippen LogP contribution is 2.30. The van der Waals surface area contributed by atoms with Crippen LogP contribution in [0.25, 0.3) is 0 Å². The van der Waals surface area contributed by atoms with Crippen LogP contribution in [0.2, 0.25) is 0 Å². The van der Waals surface area contributed by atoms with Crippen LogP contribution in [0.1, 0.15) is 17.5 Å². The van der Waals surface area contributed by atoms with Crippen molar-refractivity contribution in [3.63, 3.8) is 0 Å². The summed E-state index contributed by atoms with van der Waals surface area (Å²) in [6.45, 7) is 2.07. The normalized spacial score (nSPS) is 14.3. The third-order valence-corrected chi connectivity index (χ3v) is 4.07. The van der Waals surface area contributed by atoms with Gasteiger partial charge in [-0.1, -0.05) is 28.1 Å². The molecule has 0 atom stereocenters. The van der Waals surface area contributed by atoms with Crippen molar-refractivity contribution in [3.8, 4) is 0 Å². The molecule has 0 saturated carbocycles. The number of nitrogens with zero attached hydrogens (tertiary/aromatic N) is 1. The molecule has 0 aromatic heterocycles. The van der Waals surface area contributed by atoms with Gasteiger partial charge in [0.15, 0.2) is 0 Å². The molecule has 2 aromatic rings. The van der Waals surface area contributed by atoms with Crippen molar-refractivity contribution in [3.05, 3.63) is 58.1 Å². The monoisotopic (exact) mass is 316 g/mol. The number of hydrogen-bond acceptors (Lipinski definition) is 2. The maximum atomic E-state index is 5.88. The molecule has 98 valence electrons. The zero-order valence-corrected chi connectivity index (χ0v) is 12.4. The lowest BCUT2D eigenvalue weighted by Crippen LogP contribution is -2.28. The quantitative estimate of drug-likeness (QED) is 0.849. The fraction of sp³-hybridized carbons (Fsp3) is 0.250. The topological polar surface area (TPSA) is 29.3 Å². The molecule has 0 saturated heterocycles. The van der Waals surface area contributed by atoms with E-state index < -0.39 is 0 Å². The number of halogens is 1. The van der Waals surface area contributed by atoms with E-state index in [4.69, 9.17) is 5.73 Å². The number of nitrogens with two attached hydrogens (primary N) is 1. The van der Waals surface area contributed by atoms with Crippen molar-refractivity contribution in [2.75, 3.05) is 17.2 Å². The van der Waals surface area contributed by atoms with Gasteiger partial charge >= 0.3 is 0 Å². The summed E-state index contributed by atoms with van der Waals surface area (Å²) in [6, 6.07) is 14.8. The van der Waals surface area contributed by atoms with Crippen LogP contribution in [0.3, 0.4) is 0 Å². The lowest BCUT2D eigenvalue weighted by atomic mass is 10.0. The predicted molar refractivity (Wildman–Crippen MR) is 84.4 cm³/mol. The lowest BCUT2D eigenvalue weighted by molar-refractivity contribution is 0.691. The molecular formula is C16H17BrN2. The Hall–Kier alpha value is -1.48. The van der Waals surface area contributed by atoms with Gasteiger partial charge in [0, 0.05) is 28.9 Å². The predicted octanol–water partition coefficient (Wildman–Crippen LogP) is 3.98. The Balaban J connectivity index is 1.87. The molecule has 3 rings (SSSR count). The van der Waals surface area contributed by atoms with E-state index in [9.17, 15) is 0 Å². The lowest BCUT2D eigenvalue weighted by Gasteiger charge is -2.31. The van der Waals surface area contributed by atoms with Crippen molar-refractivity contribution in [2.24, 2.45) is 0 Å². The van der Waals surface area contributed by atoms with Crippen molar-refractivity contribution in [2.45, 2.75) is 19.4 Å². The van der Waals surface area contributed by atoms with E-state index in [1.54, 1.807) is 0 Å². The van der Waals surface area contributed by atoms with Crippen LogP contribution in [0.5, 0.6) is 0 Å². The minimum atomic E-state index is 0.864. The van der Waals surface area contributed by atoms with E-state index >= 15 is 0 Å². The molecule has 0 amide bonds. The molecular weight excluding hydrogens is 300 g/mol. The van der Waals surface area contributed by atoms with Gasteiger partial charge in [0.1, 0.15) is 0 Å². The zero-order chi connectivity index (χ0) is 13.2. The first kappa shape index (κ1) is 12.5. The Morgan fingerprint density at radius 3 is 2.89 bits per heavy atom. The minimum Gasteiger partial charge on any atom is -0.399 e. The minimum absolute atomic E-state index is 0.864. The van der Waals surface area contributed by atoms with E-state index in [1.807, 2.05) is 6.07 Å². The zero-order valence-electron chi connectivity index (χ0n) is 10.8. The van der Waals surface area contributed by atoms with Crippen LogP contribution in [0, 0.1) is 0 Å². The van der Waals surface area contributed by atoms with Crippen molar-refractivity contribution in [1.82, 2.24) is 0 Å². The van der Waals surface area contributed by atoms with Crippen LogP contribution in [-0.2, 0) is 13.0 Å². The number of hydrogen-bond donors (Lipinski definition) is 1. The van der Waals surface area contributed by atoms with E-state index in [1.165, 1.54) is 23.2 Å². The maximum Gasteiger partial charge on any atom is 0.0429 e. The smallest absolute Gasteiger partial charge is 0.0429 e. The highest BCUT2D eigenvalue weighted by atomic mass is 79.9. The number of benzene rings is 2. The largest absolute Gasteiger partial charge is 0.399 e. The van der Waals surface area contributed by atoms with Crippen molar-refractivity contribution in [1.29, 1.82) is 0 Å². The Bertz CT molecular complexity index is 595. The first-order chi connectivity index (χ1) is 9.22. The van der Waals surface area contributed by atoms with E-state index in [2.05, 4.69) is 57.2 Å². The van der Waals surface area contributed by atoms with E-state index in [0.717, 1.165) is 29.7 Å². The van der Waals surface area contributed by atoms with Gasteiger partial charge in [-0.05, 0) is 54.3 Å². The van der Waals surface area contributed by atoms with Gasteiger partial charge in [0.05, 0.1) is 0 Å². The molecule has 2 aromatic carbocycles. The summed E-state index contributed by atoms with van der Waals surface area (Å²) >= 11 is 3.53. The van der Waals surface area contributed by atoms with Crippen LogP contribution in [0.15, 0.2) is 46.9 Å². The van der Waals surface area contributed by atoms with Gasteiger partial charge in [-0.2, -0.15) is 0 Å². The summed E-state index contributed by atoms with van der Waals surface area (Å²) in [5, 5.41) is 0. The average Bonchev–Trinajstić information content (AvgIpc) is 2.38. The summed E-state index contributed by atoms with van der Waals surface area (Å²) in [7, 11) is 0. The molecule has 0 aliphatic carbocycles. The number of nitrogen functional groups attached to an aromatic ring is 1. The highest BCUT2D eigenvalue weighted by Gasteiger charge is 2.16. The third kappa shape index (κ3) is 2.76. The summed E-state index contributed by atoms with van der Waals surface area (Å²) < 4.78 is 1.14. The molecule has 2 N–H and O–H groups in total. The van der Waals surface area contributed by atoms with Gasteiger partial charge in [-0.25, -0.2) is 0 Å². The van der Waals surface area contributed by atoms with Gasteiger partial charge in [0.2, 0.25) is 0 Å². The molecule has 19 heavy (non-hydrogen) atoms.